The minimum atomic E-state index is 0. The van der Waals surface area contributed by atoms with Crippen LogP contribution in [0.15, 0.2) is 35.3 Å². The van der Waals surface area contributed by atoms with Gasteiger partial charge in [0.1, 0.15) is 0 Å². The summed E-state index contributed by atoms with van der Waals surface area (Å²) in [4.78, 5) is 6.78. The van der Waals surface area contributed by atoms with Gasteiger partial charge in [0, 0.05) is 38.4 Å². The molecule has 0 radical (unpaired) electrons. The molecule has 0 aliphatic rings. The van der Waals surface area contributed by atoms with Gasteiger partial charge in [-0.15, -0.1) is 24.0 Å². The molecular formula is C21H35IN6. The van der Waals surface area contributed by atoms with Crippen molar-refractivity contribution in [1.29, 1.82) is 0 Å². The Labute approximate surface area is 186 Å². The van der Waals surface area contributed by atoms with Crippen LogP contribution in [-0.4, -0.2) is 53.4 Å². The van der Waals surface area contributed by atoms with Gasteiger partial charge in [-0.2, -0.15) is 5.10 Å². The predicted molar refractivity (Wildman–Crippen MR) is 129 cm³/mol. The average molecular weight is 498 g/mol. The van der Waals surface area contributed by atoms with Crippen LogP contribution < -0.4 is 10.6 Å². The molecule has 0 bridgehead atoms. The number of rotatable bonds is 8. The summed E-state index contributed by atoms with van der Waals surface area (Å²) in [6, 6.07) is 11.0. The topological polar surface area (TPSA) is 57.5 Å². The van der Waals surface area contributed by atoms with E-state index in [-0.39, 0.29) is 24.0 Å². The van der Waals surface area contributed by atoms with Crippen LogP contribution >= 0.6 is 24.0 Å². The van der Waals surface area contributed by atoms with Crippen molar-refractivity contribution < 1.29 is 0 Å². The minimum absolute atomic E-state index is 0. The summed E-state index contributed by atoms with van der Waals surface area (Å²) in [7, 11) is 1.81. The van der Waals surface area contributed by atoms with Crippen LogP contribution in [-0.2, 0) is 6.54 Å². The average Bonchev–Trinajstić information content (AvgIpc) is 2.99. The van der Waals surface area contributed by atoms with Gasteiger partial charge in [0.25, 0.3) is 0 Å². The fraction of sp³-hybridized carbons (Fsp3) is 0.524. The number of guanidine groups is 1. The van der Waals surface area contributed by atoms with E-state index in [1.807, 2.05) is 24.7 Å². The maximum Gasteiger partial charge on any atom is 0.191 e. The third-order valence-electron chi connectivity index (χ3n) is 4.73. The number of hydrogen-bond acceptors (Lipinski definition) is 3. The zero-order valence-corrected chi connectivity index (χ0v) is 20.3. The molecule has 6 nitrogen and oxygen atoms in total. The Hall–Kier alpha value is -1.61. The van der Waals surface area contributed by atoms with E-state index in [0.29, 0.717) is 12.6 Å². The van der Waals surface area contributed by atoms with E-state index in [2.05, 4.69) is 77.6 Å². The minimum Gasteiger partial charge on any atom is -0.355 e. The van der Waals surface area contributed by atoms with Gasteiger partial charge >= 0.3 is 0 Å². The van der Waals surface area contributed by atoms with Gasteiger partial charge in [-0.05, 0) is 51.9 Å². The monoisotopic (exact) mass is 498 g/mol. The zero-order chi connectivity index (χ0) is 19.8. The maximum atomic E-state index is 4.62. The van der Waals surface area contributed by atoms with Gasteiger partial charge in [-0.3, -0.25) is 9.89 Å². The number of nitrogens with zero attached hydrogens (tertiary/aromatic N) is 4. The number of nitrogens with one attached hydrogen (secondary N) is 2. The van der Waals surface area contributed by atoms with Crippen LogP contribution in [0.3, 0.4) is 0 Å². The van der Waals surface area contributed by atoms with Gasteiger partial charge < -0.3 is 10.6 Å². The number of aryl methyl sites for hydroxylation is 2. The standard InChI is InChI=1S/C21H34N6.HI/c1-7-26(16(2)3)13-12-23-21(22-6)24-15-19-10-8-9-11-20(19)27-18(5)14-17(4)25-27;/h8-11,14,16H,7,12-13,15H2,1-6H3,(H2,22,23,24);1H. The van der Waals surface area contributed by atoms with Gasteiger partial charge in [0.15, 0.2) is 5.96 Å². The molecule has 28 heavy (non-hydrogen) atoms. The normalized spacial score (nSPS) is 11.6. The molecule has 1 aromatic carbocycles. The second-order valence-electron chi connectivity index (χ2n) is 7.04. The SMILES string of the molecule is CCN(CCNC(=NC)NCc1ccccc1-n1nc(C)cc1C)C(C)C.I. The quantitative estimate of drug-likeness (QED) is 0.333. The lowest BCUT2D eigenvalue weighted by molar-refractivity contribution is 0.237. The van der Waals surface area contributed by atoms with Crippen LogP contribution in [0.4, 0.5) is 0 Å². The molecule has 0 amide bonds. The van der Waals surface area contributed by atoms with Crippen molar-refractivity contribution in [3.05, 3.63) is 47.3 Å². The summed E-state index contributed by atoms with van der Waals surface area (Å²) in [6.45, 7) is 14.4. The molecule has 0 aliphatic heterocycles. The number of para-hydroxylation sites is 1. The molecule has 1 aromatic heterocycles. The van der Waals surface area contributed by atoms with E-state index >= 15 is 0 Å². The summed E-state index contributed by atoms with van der Waals surface area (Å²) in [5, 5.41) is 11.5. The number of aliphatic imine (C=N–C) groups is 1. The predicted octanol–water partition coefficient (Wildman–Crippen LogP) is 3.50. The lowest BCUT2D eigenvalue weighted by Crippen LogP contribution is -2.42. The first-order chi connectivity index (χ1) is 13.0. The molecule has 2 rings (SSSR count). The molecule has 0 saturated carbocycles. The highest BCUT2D eigenvalue weighted by molar-refractivity contribution is 14.0. The van der Waals surface area contributed by atoms with Gasteiger partial charge in [-0.25, -0.2) is 4.68 Å². The molecule has 1 heterocycles. The number of hydrogen-bond donors (Lipinski definition) is 2. The molecule has 2 aromatic rings. The van der Waals surface area contributed by atoms with Gasteiger partial charge in [0.2, 0.25) is 0 Å². The molecule has 0 atom stereocenters. The number of likely N-dealkylation sites (N-methyl/N-ethyl adjacent to an activating group) is 1. The molecule has 0 spiro atoms. The van der Waals surface area contributed by atoms with Crippen LogP contribution in [0.2, 0.25) is 0 Å². The summed E-state index contributed by atoms with van der Waals surface area (Å²) in [5.41, 5.74) is 4.45. The van der Waals surface area contributed by atoms with E-state index in [0.717, 1.165) is 42.7 Å². The van der Waals surface area contributed by atoms with Crippen LogP contribution in [0.1, 0.15) is 37.7 Å². The molecular weight excluding hydrogens is 463 g/mol. The lowest BCUT2D eigenvalue weighted by Gasteiger charge is -2.25. The summed E-state index contributed by atoms with van der Waals surface area (Å²) in [6.07, 6.45) is 0. The Kier molecular flexibility index (Phi) is 10.5. The molecule has 0 saturated heterocycles. The largest absolute Gasteiger partial charge is 0.355 e. The Morgan fingerprint density at radius 3 is 2.50 bits per heavy atom. The number of benzene rings is 1. The Morgan fingerprint density at radius 1 is 1.21 bits per heavy atom. The summed E-state index contributed by atoms with van der Waals surface area (Å²) < 4.78 is 2.00. The van der Waals surface area contributed by atoms with Crippen molar-refractivity contribution in [2.75, 3.05) is 26.7 Å². The summed E-state index contributed by atoms with van der Waals surface area (Å²) >= 11 is 0. The fourth-order valence-electron chi connectivity index (χ4n) is 3.24. The molecule has 2 N–H and O–H groups in total. The van der Waals surface area contributed by atoms with E-state index in [4.69, 9.17) is 0 Å². The van der Waals surface area contributed by atoms with Gasteiger partial charge in [0.05, 0.1) is 11.4 Å². The third kappa shape index (κ3) is 6.77. The van der Waals surface area contributed by atoms with E-state index in [9.17, 15) is 0 Å². The van der Waals surface area contributed by atoms with Crippen molar-refractivity contribution in [2.24, 2.45) is 4.99 Å². The van der Waals surface area contributed by atoms with Crippen molar-refractivity contribution in [1.82, 2.24) is 25.3 Å². The third-order valence-corrected chi connectivity index (χ3v) is 4.73. The second kappa shape index (κ2) is 12.1. The Morgan fingerprint density at radius 2 is 1.93 bits per heavy atom. The highest BCUT2D eigenvalue weighted by Gasteiger charge is 2.10. The zero-order valence-electron chi connectivity index (χ0n) is 18.0. The van der Waals surface area contributed by atoms with E-state index < -0.39 is 0 Å². The highest BCUT2D eigenvalue weighted by Crippen LogP contribution is 2.16. The summed E-state index contributed by atoms with van der Waals surface area (Å²) in [5.74, 6) is 0.818. The Bertz CT molecular complexity index is 753. The van der Waals surface area contributed by atoms with Crippen molar-refractivity contribution in [3.8, 4) is 5.69 Å². The number of aromatic nitrogens is 2. The lowest BCUT2D eigenvalue weighted by atomic mass is 10.1. The van der Waals surface area contributed by atoms with Crippen LogP contribution in [0.5, 0.6) is 0 Å². The van der Waals surface area contributed by atoms with E-state index in [1.165, 1.54) is 5.56 Å². The highest BCUT2D eigenvalue weighted by atomic mass is 127. The first kappa shape index (κ1) is 24.4. The Balaban J connectivity index is 0.00000392. The molecule has 7 heteroatoms. The second-order valence-corrected chi connectivity index (χ2v) is 7.04. The maximum absolute atomic E-state index is 4.62. The molecule has 0 fully saturated rings. The fourth-order valence-corrected chi connectivity index (χ4v) is 3.24. The first-order valence-corrected chi connectivity index (χ1v) is 9.76. The molecule has 0 unspecified atom stereocenters. The molecule has 0 aliphatic carbocycles. The molecule has 156 valence electrons. The van der Waals surface area contributed by atoms with Crippen molar-refractivity contribution in [2.45, 2.75) is 47.2 Å². The van der Waals surface area contributed by atoms with Crippen LogP contribution in [0.25, 0.3) is 5.69 Å². The van der Waals surface area contributed by atoms with Crippen LogP contribution in [0, 0.1) is 13.8 Å². The van der Waals surface area contributed by atoms with Gasteiger partial charge in [-0.1, -0.05) is 25.1 Å². The van der Waals surface area contributed by atoms with Crippen molar-refractivity contribution in [3.63, 3.8) is 0 Å². The number of halogens is 1. The smallest absolute Gasteiger partial charge is 0.191 e. The first-order valence-electron chi connectivity index (χ1n) is 9.76. The van der Waals surface area contributed by atoms with E-state index in [1.54, 1.807) is 0 Å². The van der Waals surface area contributed by atoms with Crippen molar-refractivity contribution >= 4 is 29.9 Å².